The largest absolute Gasteiger partial charge is 0.349 e. The molecular weight excluding hydrogens is 294 g/mol. The Morgan fingerprint density at radius 2 is 2.28 bits per heavy atom. The first kappa shape index (κ1) is 13.5. The lowest BCUT2D eigenvalue weighted by atomic mass is 10.3. The first-order chi connectivity index (χ1) is 8.58. The molecule has 0 aliphatic heterocycles. The number of hydrogen-bond acceptors (Lipinski definition) is 4. The third-order valence-corrected chi connectivity index (χ3v) is 5.43. The van der Waals surface area contributed by atoms with Gasteiger partial charge in [0.15, 0.2) is 0 Å². The van der Waals surface area contributed by atoms with Crippen LogP contribution in [0.15, 0.2) is 28.7 Å². The van der Waals surface area contributed by atoms with Crippen LogP contribution in [0.5, 0.6) is 0 Å². The number of aryl methyl sites for hydroxylation is 1. The molecule has 18 heavy (non-hydrogen) atoms. The van der Waals surface area contributed by atoms with Crippen molar-refractivity contribution in [3.05, 3.63) is 34.7 Å². The van der Waals surface area contributed by atoms with E-state index in [4.69, 9.17) is 11.6 Å². The summed E-state index contributed by atoms with van der Waals surface area (Å²) >= 11 is 6.76. The van der Waals surface area contributed by atoms with E-state index in [0.29, 0.717) is 23.7 Å². The summed E-state index contributed by atoms with van der Waals surface area (Å²) in [6.45, 7) is 0.374. The molecule has 2 N–H and O–H groups in total. The average Bonchev–Trinajstić information content (AvgIpc) is 2.95. The van der Waals surface area contributed by atoms with E-state index in [1.807, 2.05) is 0 Å². The Labute approximate surface area is 114 Å². The van der Waals surface area contributed by atoms with Gasteiger partial charge in [-0.3, -0.25) is 0 Å². The van der Waals surface area contributed by atoms with Crippen LogP contribution in [-0.2, 0) is 16.4 Å². The van der Waals surface area contributed by atoms with E-state index in [-0.39, 0.29) is 4.21 Å². The maximum Gasteiger partial charge on any atom is 0.250 e. The molecule has 0 radical (unpaired) electrons. The minimum Gasteiger partial charge on any atom is -0.349 e. The van der Waals surface area contributed by atoms with Crippen molar-refractivity contribution in [1.82, 2.24) is 14.7 Å². The van der Waals surface area contributed by atoms with Crippen molar-refractivity contribution in [2.75, 3.05) is 6.54 Å². The van der Waals surface area contributed by atoms with Gasteiger partial charge in [-0.2, -0.15) is 0 Å². The molecule has 0 amide bonds. The Morgan fingerprint density at radius 3 is 2.89 bits per heavy atom. The molecule has 0 aliphatic rings. The Bertz CT molecular complexity index is 592. The normalized spacial score (nSPS) is 11.8. The van der Waals surface area contributed by atoms with E-state index in [2.05, 4.69) is 14.7 Å². The molecule has 0 fully saturated rings. The van der Waals surface area contributed by atoms with Gasteiger partial charge in [0.25, 0.3) is 0 Å². The van der Waals surface area contributed by atoms with E-state index >= 15 is 0 Å². The zero-order valence-corrected chi connectivity index (χ0v) is 11.8. The van der Waals surface area contributed by atoms with Crippen molar-refractivity contribution in [1.29, 1.82) is 0 Å². The second-order valence-electron chi connectivity index (χ2n) is 3.60. The number of aromatic nitrogens is 2. The van der Waals surface area contributed by atoms with Crippen LogP contribution < -0.4 is 4.72 Å². The molecule has 0 aromatic carbocycles. The predicted octanol–water partition coefficient (Wildman–Crippen LogP) is 2.04. The van der Waals surface area contributed by atoms with Crippen LogP contribution in [0.4, 0.5) is 0 Å². The highest BCUT2D eigenvalue weighted by molar-refractivity contribution is 7.91. The second kappa shape index (κ2) is 5.83. The zero-order valence-electron chi connectivity index (χ0n) is 9.39. The Kier molecular flexibility index (Phi) is 4.39. The van der Waals surface area contributed by atoms with Crippen LogP contribution in [0, 0.1) is 0 Å². The summed E-state index contributed by atoms with van der Waals surface area (Å²) in [6.07, 6.45) is 4.81. The first-order valence-electron chi connectivity index (χ1n) is 5.31. The molecule has 0 bridgehead atoms. The molecule has 0 aliphatic carbocycles. The van der Waals surface area contributed by atoms with Crippen LogP contribution in [0.25, 0.3) is 0 Å². The van der Waals surface area contributed by atoms with E-state index in [1.54, 1.807) is 18.5 Å². The first-order valence-corrected chi connectivity index (χ1v) is 7.99. The standard InChI is InChI=1S/C10H12ClN3O2S2/c11-8-3-4-10(17-8)18(15,16)14-5-1-2-9-12-6-7-13-9/h3-4,6-7,14H,1-2,5H2,(H,12,13). The van der Waals surface area contributed by atoms with E-state index in [0.717, 1.165) is 17.2 Å². The van der Waals surface area contributed by atoms with Crippen molar-refractivity contribution in [3.63, 3.8) is 0 Å². The van der Waals surface area contributed by atoms with Crippen LogP contribution in [-0.4, -0.2) is 24.9 Å². The number of rotatable bonds is 6. The van der Waals surface area contributed by atoms with Gasteiger partial charge in [0.1, 0.15) is 10.0 Å². The summed E-state index contributed by atoms with van der Waals surface area (Å²) in [5, 5.41) is 0. The predicted molar refractivity (Wildman–Crippen MR) is 71.4 cm³/mol. The van der Waals surface area contributed by atoms with Gasteiger partial charge in [0.05, 0.1) is 4.34 Å². The molecule has 2 rings (SSSR count). The highest BCUT2D eigenvalue weighted by Gasteiger charge is 2.15. The van der Waals surface area contributed by atoms with Crippen LogP contribution in [0.2, 0.25) is 4.34 Å². The third kappa shape index (κ3) is 3.55. The van der Waals surface area contributed by atoms with Crippen LogP contribution >= 0.6 is 22.9 Å². The van der Waals surface area contributed by atoms with E-state index in [1.165, 1.54) is 6.07 Å². The fourth-order valence-electron chi connectivity index (χ4n) is 1.41. The number of H-pyrrole nitrogens is 1. The number of hydrogen-bond donors (Lipinski definition) is 2. The zero-order chi connectivity index (χ0) is 13.0. The molecular formula is C10H12ClN3O2S2. The summed E-state index contributed by atoms with van der Waals surface area (Å²) < 4.78 is 26.9. The molecule has 0 saturated heterocycles. The lowest BCUT2D eigenvalue weighted by molar-refractivity contribution is 0.580. The Hall–Kier alpha value is -0.890. The molecule has 2 aromatic heterocycles. The van der Waals surface area contributed by atoms with Gasteiger partial charge in [0.2, 0.25) is 10.0 Å². The van der Waals surface area contributed by atoms with Gasteiger partial charge in [-0.1, -0.05) is 11.6 Å². The van der Waals surface area contributed by atoms with Crippen molar-refractivity contribution in [3.8, 4) is 0 Å². The van der Waals surface area contributed by atoms with Crippen LogP contribution in [0.3, 0.4) is 0 Å². The molecule has 0 atom stereocenters. The summed E-state index contributed by atoms with van der Waals surface area (Å²) in [7, 11) is -3.43. The molecule has 2 aromatic rings. The number of imidazole rings is 1. The van der Waals surface area contributed by atoms with Gasteiger partial charge >= 0.3 is 0 Å². The van der Waals surface area contributed by atoms with Gasteiger partial charge < -0.3 is 4.98 Å². The minimum atomic E-state index is -3.43. The fourth-order valence-corrected chi connectivity index (χ4v) is 4.01. The highest BCUT2D eigenvalue weighted by Crippen LogP contribution is 2.25. The number of sulfonamides is 1. The molecule has 5 nitrogen and oxygen atoms in total. The Balaban J connectivity index is 1.82. The smallest absolute Gasteiger partial charge is 0.250 e. The maximum absolute atomic E-state index is 11.8. The summed E-state index contributed by atoms with van der Waals surface area (Å²) in [5.41, 5.74) is 0. The van der Waals surface area contributed by atoms with E-state index in [9.17, 15) is 8.42 Å². The van der Waals surface area contributed by atoms with Gasteiger partial charge in [-0.05, 0) is 18.6 Å². The number of nitrogens with one attached hydrogen (secondary N) is 2. The van der Waals surface area contributed by atoms with Crippen molar-refractivity contribution < 1.29 is 8.42 Å². The number of nitrogens with zero attached hydrogens (tertiary/aromatic N) is 1. The van der Waals surface area contributed by atoms with Crippen molar-refractivity contribution in [2.24, 2.45) is 0 Å². The quantitative estimate of drug-likeness (QED) is 0.802. The van der Waals surface area contributed by atoms with Gasteiger partial charge in [0, 0.05) is 25.4 Å². The molecule has 8 heteroatoms. The SMILES string of the molecule is O=S(=O)(NCCCc1ncc[nH]1)c1ccc(Cl)s1. The monoisotopic (exact) mass is 305 g/mol. The molecule has 0 saturated carbocycles. The highest BCUT2D eigenvalue weighted by atomic mass is 35.5. The average molecular weight is 306 g/mol. The van der Waals surface area contributed by atoms with Gasteiger partial charge in [-0.15, -0.1) is 11.3 Å². The number of thiophene rings is 1. The summed E-state index contributed by atoms with van der Waals surface area (Å²) in [6, 6.07) is 3.07. The number of aromatic amines is 1. The second-order valence-corrected chi connectivity index (χ2v) is 7.30. The van der Waals surface area contributed by atoms with Crippen LogP contribution in [0.1, 0.15) is 12.2 Å². The molecule has 2 heterocycles. The van der Waals surface area contributed by atoms with Gasteiger partial charge in [-0.25, -0.2) is 18.1 Å². The summed E-state index contributed by atoms with van der Waals surface area (Å²) in [4.78, 5) is 7.03. The third-order valence-electron chi connectivity index (χ3n) is 2.25. The lowest BCUT2D eigenvalue weighted by Gasteiger charge is -2.03. The maximum atomic E-state index is 11.8. The minimum absolute atomic E-state index is 0.241. The summed E-state index contributed by atoms with van der Waals surface area (Å²) in [5.74, 6) is 0.855. The Morgan fingerprint density at radius 1 is 1.44 bits per heavy atom. The molecule has 0 unspecified atom stereocenters. The lowest BCUT2D eigenvalue weighted by Crippen LogP contribution is -2.24. The topological polar surface area (TPSA) is 74.8 Å². The van der Waals surface area contributed by atoms with E-state index < -0.39 is 10.0 Å². The molecule has 98 valence electrons. The van der Waals surface area contributed by atoms with Crippen molar-refractivity contribution >= 4 is 33.0 Å². The fraction of sp³-hybridized carbons (Fsp3) is 0.300. The number of halogens is 1. The van der Waals surface area contributed by atoms with Crippen molar-refractivity contribution in [2.45, 2.75) is 17.1 Å². The molecule has 0 spiro atoms.